The van der Waals surface area contributed by atoms with Crippen molar-refractivity contribution in [3.8, 4) is 0 Å². The SMILES string of the molecule is CCC(=O)Nc1ccc(Sc2cc(C)nc3ncnn23)cc1. The molecule has 0 radical (unpaired) electrons. The maximum absolute atomic E-state index is 11.4. The molecule has 0 saturated heterocycles. The van der Waals surface area contributed by atoms with Crippen LogP contribution in [-0.4, -0.2) is 25.5 Å². The lowest BCUT2D eigenvalue weighted by Crippen LogP contribution is -2.08. The molecule has 0 bridgehead atoms. The second kappa shape index (κ2) is 6.15. The van der Waals surface area contributed by atoms with Gasteiger partial charge in [0.25, 0.3) is 5.78 Å². The van der Waals surface area contributed by atoms with Crippen LogP contribution in [0.2, 0.25) is 0 Å². The van der Waals surface area contributed by atoms with Crippen LogP contribution in [0.3, 0.4) is 0 Å². The van der Waals surface area contributed by atoms with Gasteiger partial charge in [-0.05, 0) is 37.3 Å². The molecule has 6 nitrogen and oxygen atoms in total. The van der Waals surface area contributed by atoms with E-state index in [4.69, 9.17) is 0 Å². The van der Waals surface area contributed by atoms with E-state index in [0.29, 0.717) is 12.2 Å². The third-order valence-electron chi connectivity index (χ3n) is 3.03. The molecule has 7 heteroatoms. The van der Waals surface area contributed by atoms with E-state index in [0.717, 1.165) is 21.3 Å². The molecule has 0 spiro atoms. The van der Waals surface area contributed by atoms with Gasteiger partial charge in [0, 0.05) is 22.7 Å². The second-order valence-electron chi connectivity index (χ2n) is 4.74. The Morgan fingerprint density at radius 1 is 1.32 bits per heavy atom. The molecule has 0 unspecified atom stereocenters. The monoisotopic (exact) mass is 313 g/mol. The van der Waals surface area contributed by atoms with Crippen LogP contribution in [0.4, 0.5) is 5.69 Å². The van der Waals surface area contributed by atoms with Gasteiger partial charge >= 0.3 is 0 Å². The Morgan fingerprint density at radius 3 is 2.82 bits per heavy atom. The van der Waals surface area contributed by atoms with E-state index in [1.165, 1.54) is 6.33 Å². The van der Waals surface area contributed by atoms with E-state index in [2.05, 4.69) is 20.4 Å². The van der Waals surface area contributed by atoms with Gasteiger partial charge in [-0.3, -0.25) is 4.79 Å². The van der Waals surface area contributed by atoms with Gasteiger partial charge in [-0.25, -0.2) is 4.98 Å². The fraction of sp³-hybridized carbons (Fsp3) is 0.200. The molecule has 3 aromatic rings. The molecule has 0 aliphatic rings. The Hall–Kier alpha value is -2.41. The van der Waals surface area contributed by atoms with Gasteiger partial charge < -0.3 is 5.32 Å². The number of rotatable bonds is 4. The fourth-order valence-electron chi connectivity index (χ4n) is 1.95. The number of carbonyl (C=O) groups is 1. The molecule has 0 fully saturated rings. The van der Waals surface area contributed by atoms with Crippen molar-refractivity contribution in [2.75, 3.05) is 5.32 Å². The molecular formula is C15H15N5OS. The molecule has 1 N–H and O–H groups in total. The molecule has 3 rings (SSSR count). The summed E-state index contributed by atoms with van der Waals surface area (Å²) in [5, 5.41) is 7.97. The minimum Gasteiger partial charge on any atom is -0.326 e. The van der Waals surface area contributed by atoms with Crippen LogP contribution in [0, 0.1) is 6.92 Å². The molecular weight excluding hydrogens is 298 g/mol. The largest absolute Gasteiger partial charge is 0.326 e. The first kappa shape index (κ1) is 14.5. The van der Waals surface area contributed by atoms with Crippen LogP contribution in [0.25, 0.3) is 5.78 Å². The Labute approximate surface area is 132 Å². The lowest BCUT2D eigenvalue weighted by molar-refractivity contribution is -0.115. The topological polar surface area (TPSA) is 72.2 Å². The van der Waals surface area contributed by atoms with Crippen molar-refractivity contribution in [3.63, 3.8) is 0 Å². The quantitative estimate of drug-likeness (QED) is 0.750. The number of nitrogens with one attached hydrogen (secondary N) is 1. The Morgan fingerprint density at radius 2 is 2.09 bits per heavy atom. The third kappa shape index (κ3) is 3.09. The lowest BCUT2D eigenvalue weighted by atomic mass is 10.3. The fourth-order valence-corrected chi connectivity index (χ4v) is 2.90. The second-order valence-corrected chi connectivity index (χ2v) is 5.83. The molecule has 2 heterocycles. The van der Waals surface area contributed by atoms with Crippen LogP contribution in [0.1, 0.15) is 19.0 Å². The first-order valence-corrected chi connectivity index (χ1v) is 7.72. The number of carbonyl (C=O) groups excluding carboxylic acids is 1. The number of aromatic nitrogens is 4. The number of hydrogen-bond acceptors (Lipinski definition) is 5. The minimum atomic E-state index is 0.00878. The molecule has 0 aliphatic heterocycles. The van der Waals surface area contributed by atoms with Gasteiger partial charge in [0.2, 0.25) is 5.91 Å². The summed E-state index contributed by atoms with van der Waals surface area (Å²) < 4.78 is 1.71. The van der Waals surface area contributed by atoms with E-state index < -0.39 is 0 Å². The van der Waals surface area contributed by atoms with E-state index in [-0.39, 0.29) is 5.91 Å². The predicted molar refractivity (Wildman–Crippen MR) is 85.0 cm³/mol. The number of amides is 1. The molecule has 0 saturated carbocycles. The van der Waals surface area contributed by atoms with Crippen LogP contribution >= 0.6 is 11.8 Å². The molecule has 1 aromatic carbocycles. The van der Waals surface area contributed by atoms with Crippen molar-refractivity contribution in [1.82, 2.24) is 19.6 Å². The summed E-state index contributed by atoms with van der Waals surface area (Å²) >= 11 is 1.58. The van der Waals surface area contributed by atoms with Gasteiger partial charge in [0.1, 0.15) is 11.4 Å². The van der Waals surface area contributed by atoms with E-state index in [1.54, 1.807) is 16.3 Å². The summed E-state index contributed by atoms with van der Waals surface area (Å²) in [6, 6.07) is 9.69. The van der Waals surface area contributed by atoms with E-state index in [9.17, 15) is 4.79 Å². The standard InChI is InChI=1S/C15H15N5OS/c1-3-13(21)19-11-4-6-12(7-5-11)22-14-8-10(2)18-15-16-9-17-20(14)15/h4-9H,3H2,1-2H3,(H,19,21). The Kier molecular flexibility index (Phi) is 4.06. The normalized spacial score (nSPS) is 10.8. The van der Waals surface area contributed by atoms with Crippen molar-refractivity contribution in [2.24, 2.45) is 0 Å². The molecule has 112 valence electrons. The molecule has 1 amide bonds. The smallest absolute Gasteiger partial charge is 0.253 e. The van der Waals surface area contributed by atoms with Crippen molar-refractivity contribution in [2.45, 2.75) is 30.2 Å². The third-order valence-corrected chi connectivity index (χ3v) is 4.04. The number of fused-ring (bicyclic) bond motifs is 1. The van der Waals surface area contributed by atoms with Gasteiger partial charge in [0.05, 0.1) is 0 Å². The van der Waals surface area contributed by atoms with Crippen LogP contribution < -0.4 is 5.32 Å². The Bertz CT molecular complexity index is 812. The highest BCUT2D eigenvalue weighted by Gasteiger charge is 2.07. The van der Waals surface area contributed by atoms with Gasteiger partial charge in [0.15, 0.2) is 0 Å². The van der Waals surface area contributed by atoms with Crippen LogP contribution in [0.15, 0.2) is 46.6 Å². The summed E-state index contributed by atoms with van der Waals surface area (Å²) in [7, 11) is 0. The van der Waals surface area contributed by atoms with E-state index in [1.807, 2.05) is 44.2 Å². The van der Waals surface area contributed by atoms with Crippen molar-refractivity contribution in [1.29, 1.82) is 0 Å². The summed E-state index contributed by atoms with van der Waals surface area (Å²) in [4.78, 5) is 20.9. The Balaban J connectivity index is 1.83. The number of benzene rings is 1. The maximum atomic E-state index is 11.4. The van der Waals surface area contributed by atoms with Crippen LogP contribution in [0.5, 0.6) is 0 Å². The highest BCUT2D eigenvalue weighted by molar-refractivity contribution is 7.99. The summed E-state index contributed by atoms with van der Waals surface area (Å²) in [6.45, 7) is 3.76. The van der Waals surface area contributed by atoms with Gasteiger partial charge in [-0.15, -0.1) is 0 Å². The number of hydrogen-bond donors (Lipinski definition) is 1. The minimum absolute atomic E-state index is 0.00878. The van der Waals surface area contributed by atoms with Gasteiger partial charge in [-0.1, -0.05) is 18.7 Å². The molecule has 22 heavy (non-hydrogen) atoms. The summed E-state index contributed by atoms with van der Waals surface area (Å²) in [5.74, 6) is 0.601. The lowest BCUT2D eigenvalue weighted by Gasteiger charge is -2.07. The van der Waals surface area contributed by atoms with Crippen molar-refractivity contribution in [3.05, 3.63) is 42.4 Å². The maximum Gasteiger partial charge on any atom is 0.253 e. The highest BCUT2D eigenvalue weighted by Crippen LogP contribution is 2.28. The average Bonchev–Trinajstić information content (AvgIpc) is 2.97. The predicted octanol–water partition coefficient (Wildman–Crippen LogP) is 2.93. The number of nitrogens with zero attached hydrogens (tertiary/aromatic N) is 4. The molecule has 0 atom stereocenters. The zero-order valence-electron chi connectivity index (χ0n) is 12.3. The number of anilines is 1. The zero-order chi connectivity index (χ0) is 15.5. The van der Waals surface area contributed by atoms with Crippen LogP contribution in [-0.2, 0) is 4.79 Å². The zero-order valence-corrected chi connectivity index (χ0v) is 13.1. The van der Waals surface area contributed by atoms with E-state index >= 15 is 0 Å². The van der Waals surface area contributed by atoms with Crippen molar-refractivity contribution < 1.29 is 4.79 Å². The summed E-state index contributed by atoms with van der Waals surface area (Å²) in [5.41, 5.74) is 1.70. The molecule has 2 aromatic heterocycles. The first-order valence-electron chi connectivity index (χ1n) is 6.91. The van der Waals surface area contributed by atoms with Gasteiger partial charge in [-0.2, -0.15) is 14.6 Å². The molecule has 0 aliphatic carbocycles. The van der Waals surface area contributed by atoms with Crippen molar-refractivity contribution >= 4 is 29.1 Å². The number of aryl methyl sites for hydroxylation is 1. The summed E-state index contributed by atoms with van der Waals surface area (Å²) in [6.07, 6.45) is 1.96. The average molecular weight is 313 g/mol. The highest BCUT2D eigenvalue weighted by atomic mass is 32.2. The first-order chi connectivity index (χ1) is 10.7.